The van der Waals surface area contributed by atoms with Gasteiger partial charge in [-0.25, -0.2) is 4.98 Å². The second kappa shape index (κ2) is 5.77. The molecule has 0 saturated heterocycles. The van der Waals surface area contributed by atoms with E-state index in [9.17, 15) is 4.79 Å². The molecule has 0 bridgehead atoms. The van der Waals surface area contributed by atoms with Crippen LogP contribution in [0.4, 0.5) is 5.82 Å². The molecule has 5 nitrogen and oxygen atoms in total. The Kier molecular flexibility index (Phi) is 4.26. The highest BCUT2D eigenvalue weighted by molar-refractivity contribution is 5.83. The van der Waals surface area contributed by atoms with E-state index in [1.807, 2.05) is 27.9 Å². The maximum absolute atomic E-state index is 12.5. The molecule has 1 aliphatic carbocycles. The maximum Gasteiger partial charge on any atom is 0.230 e. The van der Waals surface area contributed by atoms with Gasteiger partial charge in [0.2, 0.25) is 5.91 Å². The molecule has 0 radical (unpaired) electrons. The van der Waals surface area contributed by atoms with Gasteiger partial charge in [-0.1, -0.05) is 12.8 Å². The molecule has 1 aromatic rings. The van der Waals surface area contributed by atoms with Crippen LogP contribution in [-0.4, -0.2) is 41.4 Å². The lowest BCUT2D eigenvalue weighted by Gasteiger charge is -2.31. The molecule has 0 atom stereocenters. The Morgan fingerprint density at radius 1 is 1.35 bits per heavy atom. The Hall–Kier alpha value is -1.65. The molecule has 110 valence electrons. The number of rotatable bonds is 4. The molecular formula is C15H24N4O. The minimum atomic E-state index is -0.276. The van der Waals surface area contributed by atoms with Crippen molar-refractivity contribution in [2.24, 2.45) is 5.41 Å². The summed E-state index contributed by atoms with van der Waals surface area (Å²) in [5.74, 6) is 1.02. The van der Waals surface area contributed by atoms with Crippen LogP contribution in [0.15, 0.2) is 6.20 Å². The van der Waals surface area contributed by atoms with E-state index in [0.29, 0.717) is 6.54 Å². The van der Waals surface area contributed by atoms with Crippen molar-refractivity contribution in [2.75, 3.05) is 26.0 Å². The Balaban J connectivity index is 2.14. The summed E-state index contributed by atoms with van der Waals surface area (Å²) in [4.78, 5) is 23.0. The Morgan fingerprint density at radius 3 is 2.60 bits per heavy atom. The van der Waals surface area contributed by atoms with Gasteiger partial charge in [0.25, 0.3) is 0 Å². The van der Waals surface area contributed by atoms with Crippen LogP contribution in [0.5, 0.6) is 0 Å². The topological polar surface area (TPSA) is 58.1 Å². The molecule has 0 spiro atoms. The zero-order chi connectivity index (χ0) is 14.8. The number of aromatic nitrogens is 2. The standard InChI is InChI=1S/C15H24N4O/c1-11-9-16-12(2)13(18-11)17-10-15(7-5-6-8-15)14(20)19(3)4/h9H,5-8,10H2,1-4H3,(H,17,18). The fraction of sp³-hybridized carbons (Fsp3) is 0.667. The van der Waals surface area contributed by atoms with Crippen LogP contribution in [0.25, 0.3) is 0 Å². The van der Waals surface area contributed by atoms with E-state index in [4.69, 9.17) is 0 Å². The normalized spacial score (nSPS) is 17.0. The van der Waals surface area contributed by atoms with Crippen LogP contribution in [0, 0.1) is 19.3 Å². The molecule has 1 heterocycles. The van der Waals surface area contributed by atoms with Crippen LogP contribution in [-0.2, 0) is 4.79 Å². The van der Waals surface area contributed by atoms with Gasteiger partial charge in [0.1, 0.15) is 5.82 Å². The average Bonchev–Trinajstić information content (AvgIpc) is 2.89. The highest BCUT2D eigenvalue weighted by Gasteiger charge is 2.41. The van der Waals surface area contributed by atoms with Gasteiger partial charge in [0, 0.05) is 26.8 Å². The molecule has 1 saturated carbocycles. The molecule has 20 heavy (non-hydrogen) atoms. The third-order valence-corrected chi connectivity index (χ3v) is 4.09. The first-order chi connectivity index (χ1) is 9.44. The fourth-order valence-electron chi connectivity index (χ4n) is 2.95. The second-order valence-electron chi connectivity index (χ2n) is 5.99. The van der Waals surface area contributed by atoms with Crippen LogP contribution >= 0.6 is 0 Å². The van der Waals surface area contributed by atoms with Crippen LogP contribution < -0.4 is 5.32 Å². The lowest BCUT2D eigenvalue weighted by molar-refractivity contribution is -0.138. The first-order valence-electron chi connectivity index (χ1n) is 7.20. The third-order valence-electron chi connectivity index (χ3n) is 4.09. The van der Waals surface area contributed by atoms with Gasteiger partial charge in [0.05, 0.1) is 16.8 Å². The number of hydrogen-bond donors (Lipinski definition) is 1. The van der Waals surface area contributed by atoms with Crippen molar-refractivity contribution >= 4 is 11.7 Å². The van der Waals surface area contributed by atoms with Crippen molar-refractivity contribution < 1.29 is 4.79 Å². The highest BCUT2D eigenvalue weighted by Crippen LogP contribution is 2.39. The molecule has 0 unspecified atom stereocenters. The van der Waals surface area contributed by atoms with Crippen LogP contribution in [0.3, 0.4) is 0 Å². The lowest BCUT2D eigenvalue weighted by atomic mass is 9.84. The van der Waals surface area contributed by atoms with E-state index in [-0.39, 0.29) is 11.3 Å². The summed E-state index contributed by atoms with van der Waals surface area (Å²) in [6, 6.07) is 0. The molecule has 1 N–H and O–H groups in total. The van der Waals surface area contributed by atoms with Gasteiger partial charge in [-0.15, -0.1) is 0 Å². The average molecular weight is 276 g/mol. The number of hydrogen-bond acceptors (Lipinski definition) is 4. The van der Waals surface area contributed by atoms with Crippen molar-refractivity contribution in [1.82, 2.24) is 14.9 Å². The summed E-state index contributed by atoms with van der Waals surface area (Å²) in [6.07, 6.45) is 5.92. The molecular weight excluding hydrogens is 252 g/mol. The summed E-state index contributed by atoms with van der Waals surface area (Å²) >= 11 is 0. The zero-order valence-corrected chi connectivity index (χ0v) is 12.9. The van der Waals surface area contributed by atoms with E-state index < -0.39 is 0 Å². The number of amides is 1. The van der Waals surface area contributed by atoms with Crippen molar-refractivity contribution in [2.45, 2.75) is 39.5 Å². The summed E-state index contributed by atoms with van der Waals surface area (Å²) in [6.45, 7) is 4.50. The second-order valence-corrected chi connectivity index (χ2v) is 5.99. The Labute approximate surface area is 120 Å². The van der Waals surface area contributed by atoms with E-state index in [2.05, 4.69) is 15.3 Å². The predicted octanol–water partition coefficient (Wildman–Crippen LogP) is 2.15. The fourth-order valence-corrected chi connectivity index (χ4v) is 2.95. The quantitative estimate of drug-likeness (QED) is 0.915. The van der Waals surface area contributed by atoms with E-state index >= 15 is 0 Å². The summed E-state index contributed by atoms with van der Waals surface area (Å²) in [5.41, 5.74) is 1.49. The number of anilines is 1. The molecule has 2 rings (SSSR count). The number of carbonyl (C=O) groups is 1. The van der Waals surface area contributed by atoms with Gasteiger partial charge in [-0.05, 0) is 26.7 Å². The summed E-state index contributed by atoms with van der Waals surface area (Å²) < 4.78 is 0. The third kappa shape index (κ3) is 2.92. The Morgan fingerprint density at radius 2 is 2.00 bits per heavy atom. The summed E-state index contributed by atoms with van der Waals surface area (Å²) in [5, 5.41) is 3.35. The minimum Gasteiger partial charge on any atom is -0.367 e. The molecule has 1 fully saturated rings. The van der Waals surface area contributed by atoms with Crippen molar-refractivity contribution in [3.63, 3.8) is 0 Å². The largest absolute Gasteiger partial charge is 0.367 e. The van der Waals surface area contributed by atoms with Crippen LogP contribution in [0.1, 0.15) is 37.1 Å². The first kappa shape index (κ1) is 14.8. The number of carbonyl (C=O) groups excluding carboxylic acids is 1. The SMILES string of the molecule is Cc1cnc(C)c(NCC2(C(=O)N(C)C)CCCC2)n1. The first-order valence-corrected chi connectivity index (χ1v) is 7.20. The monoisotopic (exact) mass is 276 g/mol. The number of nitrogens with zero attached hydrogens (tertiary/aromatic N) is 3. The lowest BCUT2D eigenvalue weighted by Crippen LogP contribution is -2.43. The van der Waals surface area contributed by atoms with E-state index in [1.54, 1.807) is 11.1 Å². The highest BCUT2D eigenvalue weighted by atomic mass is 16.2. The molecule has 1 aromatic heterocycles. The van der Waals surface area contributed by atoms with Crippen molar-refractivity contribution in [1.29, 1.82) is 0 Å². The zero-order valence-electron chi connectivity index (χ0n) is 12.9. The molecule has 1 aliphatic rings. The van der Waals surface area contributed by atoms with Gasteiger partial charge in [-0.3, -0.25) is 9.78 Å². The van der Waals surface area contributed by atoms with Crippen molar-refractivity contribution in [3.05, 3.63) is 17.6 Å². The molecule has 5 heteroatoms. The van der Waals surface area contributed by atoms with E-state index in [1.165, 1.54) is 0 Å². The minimum absolute atomic E-state index is 0.223. The smallest absolute Gasteiger partial charge is 0.230 e. The molecule has 0 aromatic carbocycles. The van der Waals surface area contributed by atoms with Gasteiger partial charge < -0.3 is 10.2 Å². The maximum atomic E-state index is 12.5. The van der Waals surface area contributed by atoms with Gasteiger partial charge >= 0.3 is 0 Å². The van der Waals surface area contributed by atoms with Crippen molar-refractivity contribution in [3.8, 4) is 0 Å². The van der Waals surface area contributed by atoms with Gasteiger partial charge in [-0.2, -0.15) is 0 Å². The summed E-state index contributed by atoms with van der Waals surface area (Å²) in [7, 11) is 3.67. The predicted molar refractivity (Wildman–Crippen MR) is 79.6 cm³/mol. The van der Waals surface area contributed by atoms with Crippen LogP contribution in [0.2, 0.25) is 0 Å². The molecule has 1 amide bonds. The number of nitrogens with one attached hydrogen (secondary N) is 1. The number of aryl methyl sites for hydroxylation is 2. The van der Waals surface area contributed by atoms with E-state index in [0.717, 1.165) is 42.9 Å². The molecule has 0 aliphatic heterocycles. The van der Waals surface area contributed by atoms with Gasteiger partial charge in [0.15, 0.2) is 0 Å². The Bertz CT molecular complexity index is 493.